The van der Waals surface area contributed by atoms with Crippen LogP contribution in [0.4, 0.5) is 8.78 Å². The van der Waals surface area contributed by atoms with Crippen LogP contribution in [-0.2, 0) is 0 Å². The maximum atomic E-state index is 12.6. The van der Waals surface area contributed by atoms with Crippen molar-refractivity contribution in [3.05, 3.63) is 35.4 Å². The minimum absolute atomic E-state index is 0. The van der Waals surface area contributed by atoms with E-state index < -0.39 is 17.5 Å². The van der Waals surface area contributed by atoms with Crippen LogP contribution in [-0.4, -0.2) is 5.84 Å². The zero-order chi connectivity index (χ0) is 8.43. The van der Waals surface area contributed by atoms with Gasteiger partial charge in [0.15, 0.2) is 0 Å². The molecule has 0 fully saturated rings. The van der Waals surface area contributed by atoms with Gasteiger partial charge < -0.3 is 5.73 Å². The molecule has 0 saturated carbocycles. The van der Waals surface area contributed by atoms with Gasteiger partial charge in [0, 0.05) is 0 Å². The molecule has 1 rings (SSSR count). The second-order valence-corrected chi connectivity index (χ2v) is 2.04. The highest BCUT2D eigenvalue weighted by Crippen LogP contribution is 2.07. The van der Waals surface area contributed by atoms with E-state index in [1.54, 1.807) is 0 Å². The summed E-state index contributed by atoms with van der Waals surface area (Å²) in [6, 6.07) is 2.80. The maximum absolute atomic E-state index is 12.6. The minimum Gasteiger partial charge on any atom is -0.384 e. The number of amidine groups is 1. The molecule has 0 atom stereocenters. The summed E-state index contributed by atoms with van der Waals surface area (Å²) in [5.74, 6) is -1.75. The Morgan fingerprint density at radius 1 is 1.33 bits per heavy atom. The van der Waals surface area contributed by atoms with Crippen LogP contribution in [0, 0.1) is 17.0 Å². The van der Waals surface area contributed by atoms with Crippen molar-refractivity contribution in [2.24, 2.45) is 5.73 Å². The monoisotopic (exact) mass is 192 g/mol. The zero-order valence-corrected chi connectivity index (χ0v) is 6.79. The van der Waals surface area contributed by atoms with Crippen molar-refractivity contribution in [3.63, 3.8) is 0 Å². The first-order valence-corrected chi connectivity index (χ1v) is 2.90. The Labute approximate surface area is 74.3 Å². The maximum Gasteiger partial charge on any atom is 0.134 e. The predicted molar refractivity (Wildman–Crippen MR) is 44.6 cm³/mol. The third-order valence-corrected chi connectivity index (χ3v) is 1.22. The minimum atomic E-state index is -0.682. The topological polar surface area (TPSA) is 49.9 Å². The average Bonchev–Trinajstić information content (AvgIpc) is 1.94. The summed E-state index contributed by atoms with van der Waals surface area (Å²) in [5, 5.41) is 6.84. The molecule has 3 N–H and O–H groups in total. The van der Waals surface area contributed by atoms with Crippen LogP contribution in [0.5, 0.6) is 0 Å². The fourth-order valence-electron chi connectivity index (χ4n) is 0.704. The SMILES string of the molecule is Cl.N=C(N)c1cc(F)ccc1F. The highest BCUT2D eigenvalue weighted by Gasteiger charge is 2.04. The quantitative estimate of drug-likeness (QED) is 0.516. The van der Waals surface area contributed by atoms with Crippen LogP contribution < -0.4 is 5.73 Å². The fraction of sp³-hybridized carbons (Fsp3) is 0. The molecule has 12 heavy (non-hydrogen) atoms. The summed E-state index contributed by atoms with van der Waals surface area (Å²) < 4.78 is 25.0. The van der Waals surface area contributed by atoms with Gasteiger partial charge >= 0.3 is 0 Å². The first-order valence-electron chi connectivity index (χ1n) is 2.90. The van der Waals surface area contributed by atoms with E-state index in [1.165, 1.54) is 0 Å². The number of hydrogen-bond acceptors (Lipinski definition) is 1. The van der Waals surface area contributed by atoms with Crippen LogP contribution in [0.3, 0.4) is 0 Å². The third kappa shape index (κ3) is 2.17. The molecule has 66 valence electrons. The molecular weight excluding hydrogens is 186 g/mol. The normalized spacial score (nSPS) is 8.83. The fourth-order valence-corrected chi connectivity index (χ4v) is 0.704. The van der Waals surface area contributed by atoms with Gasteiger partial charge in [0.1, 0.15) is 17.5 Å². The molecule has 1 aromatic rings. The Balaban J connectivity index is 0.00000121. The zero-order valence-electron chi connectivity index (χ0n) is 5.97. The Morgan fingerprint density at radius 3 is 2.33 bits per heavy atom. The van der Waals surface area contributed by atoms with Gasteiger partial charge in [-0.25, -0.2) is 8.78 Å². The van der Waals surface area contributed by atoms with Gasteiger partial charge in [0.05, 0.1) is 5.56 Å². The molecule has 0 aromatic heterocycles. The standard InChI is InChI=1S/C7H6F2N2.ClH/c8-4-1-2-6(9)5(3-4)7(10)11;/h1-3H,(H3,10,11);1H. The van der Waals surface area contributed by atoms with Crippen molar-refractivity contribution >= 4 is 18.2 Å². The molecule has 0 bridgehead atoms. The van der Waals surface area contributed by atoms with E-state index >= 15 is 0 Å². The van der Waals surface area contributed by atoms with Gasteiger partial charge in [-0.05, 0) is 18.2 Å². The molecule has 0 amide bonds. The second-order valence-electron chi connectivity index (χ2n) is 2.04. The Hall–Kier alpha value is -1.16. The number of halogens is 3. The highest BCUT2D eigenvalue weighted by molar-refractivity contribution is 5.95. The Kier molecular flexibility index (Phi) is 3.63. The third-order valence-electron chi connectivity index (χ3n) is 1.22. The molecule has 2 nitrogen and oxygen atoms in total. The van der Waals surface area contributed by atoms with Crippen LogP contribution in [0.25, 0.3) is 0 Å². The largest absolute Gasteiger partial charge is 0.384 e. The van der Waals surface area contributed by atoms with E-state index in [-0.39, 0.29) is 18.0 Å². The highest BCUT2D eigenvalue weighted by atomic mass is 35.5. The number of nitrogen functional groups attached to an aromatic ring is 1. The summed E-state index contributed by atoms with van der Waals surface area (Å²) >= 11 is 0. The van der Waals surface area contributed by atoms with Crippen molar-refractivity contribution in [2.45, 2.75) is 0 Å². The first kappa shape index (κ1) is 10.8. The van der Waals surface area contributed by atoms with Crippen molar-refractivity contribution in [3.8, 4) is 0 Å². The molecule has 0 radical (unpaired) electrons. The van der Waals surface area contributed by atoms with Crippen LogP contribution in [0.2, 0.25) is 0 Å². The molecule has 5 heteroatoms. The molecule has 0 aliphatic heterocycles. The number of benzene rings is 1. The molecule has 1 aromatic carbocycles. The van der Waals surface area contributed by atoms with E-state index in [2.05, 4.69) is 0 Å². The van der Waals surface area contributed by atoms with Crippen molar-refractivity contribution < 1.29 is 8.78 Å². The lowest BCUT2D eigenvalue weighted by atomic mass is 10.2. The Bertz CT molecular complexity index is 301. The lowest BCUT2D eigenvalue weighted by molar-refractivity contribution is 0.597. The first-order chi connectivity index (χ1) is 5.11. The summed E-state index contributed by atoms with van der Waals surface area (Å²) in [7, 11) is 0. The predicted octanol–water partition coefficient (Wildman–Crippen LogP) is 1.67. The summed E-state index contributed by atoms with van der Waals surface area (Å²) in [4.78, 5) is 0. The number of rotatable bonds is 1. The molecule has 0 aliphatic carbocycles. The number of nitrogens with one attached hydrogen (secondary N) is 1. The van der Waals surface area contributed by atoms with Gasteiger partial charge in [-0.2, -0.15) is 0 Å². The van der Waals surface area contributed by atoms with E-state index in [1.807, 2.05) is 0 Å². The van der Waals surface area contributed by atoms with E-state index in [0.717, 1.165) is 18.2 Å². The van der Waals surface area contributed by atoms with Crippen LogP contribution in [0.1, 0.15) is 5.56 Å². The Morgan fingerprint density at radius 2 is 1.92 bits per heavy atom. The lowest BCUT2D eigenvalue weighted by Gasteiger charge is -1.98. The van der Waals surface area contributed by atoms with Crippen molar-refractivity contribution in [1.82, 2.24) is 0 Å². The average molecular weight is 193 g/mol. The van der Waals surface area contributed by atoms with Crippen molar-refractivity contribution in [1.29, 1.82) is 5.41 Å². The summed E-state index contributed by atoms with van der Waals surface area (Å²) in [6.07, 6.45) is 0. The van der Waals surface area contributed by atoms with Gasteiger partial charge in [0.25, 0.3) is 0 Å². The molecule has 0 unspecified atom stereocenters. The van der Waals surface area contributed by atoms with Gasteiger partial charge in [-0.3, -0.25) is 5.41 Å². The van der Waals surface area contributed by atoms with Crippen LogP contribution >= 0.6 is 12.4 Å². The van der Waals surface area contributed by atoms with Gasteiger partial charge in [-0.15, -0.1) is 12.4 Å². The number of nitrogens with two attached hydrogens (primary N) is 1. The lowest BCUT2D eigenvalue weighted by Crippen LogP contribution is -2.13. The molecule has 0 aliphatic rings. The summed E-state index contributed by atoms with van der Waals surface area (Å²) in [5.41, 5.74) is 4.76. The van der Waals surface area contributed by atoms with Crippen molar-refractivity contribution in [2.75, 3.05) is 0 Å². The number of hydrogen-bond donors (Lipinski definition) is 2. The summed E-state index contributed by atoms with van der Waals surface area (Å²) in [6.45, 7) is 0. The van der Waals surface area contributed by atoms with E-state index in [4.69, 9.17) is 11.1 Å². The van der Waals surface area contributed by atoms with E-state index in [0.29, 0.717) is 0 Å². The smallest absolute Gasteiger partial charge is 0.134 e. The molecule has 0 spiro atoms. The van der Waals surface area contributed by atoms with Gasteiger partial charge in [0.2, 0.25) is 0 Å². The van der Waals surface area contributed by atoms with Crippen LogP contribution in [0.15, 0.2) is 18.2 Å². The second kappa shape index (κ2) is 4.01. The van der Waals surface area contributed by atoms with E-state index in [9.17, 15) is 8.78 Å². The molecule has 0 saturated heterocycles. The molecular formula is C7H7ClF2N2. The molecule has 0 heterocycles. The van der Waals surface area contributed by atoms with Gasteiger partial charge in [-0.1, -0.05) is 0 Å².